The number of hydrogen-bond donors (Lipinski definition) is 1. The Labute approximate surface area is 131 Å². The molecule has 1 heteroatoms. The van der Waals surface area contributed by atoms with E-state index in [2.05, 4.69) is 46.8 Å². The van der Waals surface area contributed by atoms with Crippen LogP contribution in [0.25, 0.3) is 0 Å². The Morgan fingerprint density at radius 1 is 1.10 bits per heavy atom. The highest BCUT2D eigenvalue weighted by Gasteiger charge is 2.50. The summed E-state index contributed by atoms with van der Waals surface area (Å²) >= 11 is 0. The van der Waals surface area contributed by atoms with Gasteiger partial charge in [-0.1, -0.05) is 36.6 Å². The minimum Gasteiger partial charge on any atom is -0.390 e. The van der Waals surface area contributed by atoms with Gasteiger partial charge in [-0.2, -0.15) is 0 Å². The van der Waals surface area contributed by atoms with Crippen LogP contribution < -0.4 is 0 Å². The molecule has 4 unspecified atom stereocenters. The van der Waals surface area contributed by atoms with Gasteiger partial charge >= 0.3 is 0 Å². The van der Waals surface area contributed by atoms with Gasteiger partial charge in [0.15, 0.2) is 0 Å². The van der Waals surface area contributed by atoms with Gasteiger partial charge in [0.2, 0.25) is 0 Å². The first-order valence-electron chi connectivity index (χ1n) is 8.77. The van der Waals surface area contributed by atoms with Gasteiger partial charge in [-0.3, -0.25) is 0 Å². The van der Waals surface area contributed by atoms with Crippen molar-refractivity contribution in [1.29, 1.82) is 0 Å². The van der Waals surface area contributed by atoms with E-state index in [4.69, 9.17) is 0 Å². The first-order chi connectivity index (χ1) is 9.74. The predicted molar refractivity (Wildman–Crippen MR) is 91.2 cm³/mol. The monoisotopic (exact) mass is 290 g/mol. The molecule has 0 bridgehead atoms. The number of fused-ring (bicyclic) bond motifs is 1. The minimum atomic E-state index is -0.453. The van der Waals surface area contributed by atoms with E-state index >= 15 is 0 Å². The van der Waals surface area contributed by atoms with Gasteiger partial charge in [-0.25, -0.2) is 0 Å². The molecule has 21 heavy (non-hydrogen) atoms. The van der Waals surface area contributed by atoms with Crippen LogP contribution in [0.2, 0.25) is 0 Å². The normalized spacial score (nSPS) is 40.6. The first kappa shape index (κ1) is 16.8. The van der Waals surface area contributed by atoms with Gasteiger partial charge in [0.05, 0.1) is 5.60 Å². The molecule has 4 atom stereocenters. The van der Waals surface area contributed by atoms with Gasteiger partial charge in [-0.05, 0) is 83.5 Å². The quantitative estimate of drug-likeness (QED) is 0.666. The van der Waals surface area contributed by atoms with Crippen LogP contribution in [0.4, 0.5) is 0 Å². The topological polar surface area (TPSA) is 20.2 Å². The molecule has 1 N–H and O–H groups in total. The fraction of sp³-hybridized carbons (Fsp3) is 0.800. The molecule has 0 radical (unpaired) electrons. The highest BCUT2D eigenvalue weighted by molar-refractivity contribution is 5.12. The van der Waals surface area contributed by atoms with Crippen LogP contribution in [-0.4, -0.2) is 10.7 Å². The molecule has 2 fully saturated rings. The summed E-state index contributed by atoms with van der Waals surface area (Å²) in [4.78, 5) is 0. The number of rotatable bonds is 3. The van der Waals surface area contributed by atoms with Crippen molar-refractivity contribution in [1.82, 2.24) is 0 Å². The lowest BCUT2D eigenvalue weighted by Crippen LogP contribution is -2.51. The molecule has 1 nitrogen and oxygen atoms in total. The molecule has 0 aromatic heterocycles. The molecular weight excluding hydrogens is 256 g/mol. The minimum absolute atomic E-state index is 0.373. The summed E-state index contributed by atoms with van der Waals surface area (Å²) in [5.74, 6) is 1.16. The summed E-state index contributed by atoms with van der Waals surface area (Å²) in [6.07, 6.45) is 13.0. The number of hydrogen-bond acceptors (Lipinski definition) is 1. The maximum Gasteiger partial charge on any atom is 0.0653 e. The standard InChI is InChI=1S/C20H34O/c1-15(2)8-6-9-16(3)17-10-13-19(4)11-7-12-20(5,21)18(19)14-17/h8-9,17-18,21H,6-7,10-14H2,1-5H3. The molecule has 0 saturated heterocycles. The summed E-state index contributed by atoms with van der Waals surface area (Å²) < 4.78 is 0. The van der Waals surface area contributed by atoms with E-state index < -0.39 is 5.60 Å². The highest BCUT2D eigenvalue weighted by Crippen LogP contribution is 2.56. The third-order valence-electron chi connectivity index (χ3n) is 6.22. The van der Waals surface area contributed by atoms with Gasteiger partial charge in [0.1, 0.15) is 0 Å². The molecule has 0 spiro atoms. The summed E-state index contributed by atoms with van der Waals surface area (Å²) in [5.41, 5.74) is 2.85. The van der Waals surface area contributed by atoms with Crippen molar-refractivity contribution in [2.45, 2.75) is 85.2 Å². The predicted octanol–water partition coefficient (Wildman–Crippen LogP) is 5.65. The Kier molecular flexibility index (Phi) is 5.03. The van der Waals surface area contributed by atoms with E-state index in [0.29, 0.717) is 17.3 Å². The molecule has 0 aromatic carbocycles. The van der Waals surface area contributed by atoms with Crippen molar-refractivity contribution in [3.05, 3.63) is 23.3 Å². The summed E-state index contributed by atoms with van der Waals surface area (Å²) in [5, 5.41) is 10.9. The lowest BCUT2D eigenvalue weighted by molar-refractivity contribution is -0.120. The Morgan fingerprint density at radius 3 is 2.48 bits per heavy atom. The van der Waals surface area contributed by atoms with E-state index in [0.717, 1.165) is 12.8 Å². The van der Waals surface area contributed by atoms with Crippen LogP contribution in [0, 0.1) is 17.3 Å². The second-order valence-electron chi connectivity index (χ2n) is 8.35. The number of allylic oxidation sites excluding steroid dienone is 4. The molecule has 0 heterocycles. The largest absolute Gasteiger partial charge is 0.390 e. The molecule has 2 saturated carbocycles. The van der Waals surface area contributed by atoms with Crippen LogP contribution >= 0.6 is 0 Å². The lowest BCUT2D eigenvalue weighted by Gasteiger charge is -2.54. The molecule has 0 aromatic rings. The second-order valence-corrected chi connectivity index (χ2v) is 8.35. The fourth-order valence-corrected chi connectivity index (χ4v) is 4.75. The molecule has 2 aliphatic carbocycles. The Morgan fingerprint density at radius 2 is 1.81 bits per heavy atom. The van der Waals surface area contributed by atoms with Crippen molar-refractivity contribution in [3.8, 4) is 0 Å². The number of aliphatic hydroxyl groups is 1. The Bertz CT molecular complexity index is 425. The molecule has 0 amide bonds. The first-order valence-corrected chi connectivity index (χ1v) is 8.77. The van der Waals surface area contributed by atoms with E-state index in [9.17, 15) is 5.11 Å². The van der Waals surface area contributed by atoms with Gasteiger partial charge in [-0.15, -0.1) is 0 Å². The fourth-order valence-electron chi connectivity index (χ4n) is 4.75. The second kappa shape index (κ2) is 6.28. The Hall–Kier alpha value is -0.560. The third kappa shape index (κ3) is 3.80. The summed E-state index contributed by atoms with van der Waals surface area (Å²) in [6, 6.07) is 0. The zero-order chi connectivity index (χ0) is 15.7. The summed E-state index contributed by atoms with van der Waals surface area (Å²) in [6.45, 7) is 11.1. The maximum absolute atomic E-state index is 10.9. The van der Waals surface area contributed by atoms with Gasteiger partial charge < -0.3 is 5.11 Å². The van der Waals surface area contributed by atoms with Crippen molar-refractivity contribution >= 4 is 0 Å². The average Bonchev–Trinajstić information content (AvgIpc) is 2.37. The summed E-state index contributed by atoms with van der Waals surface area (Å²) in [7, 11) is 0. The Balaban J connectivity index is 2.07. The van der Waals surface area contributed by atoms with Crippen molar-refractivity contribution in [2.75, 3.05) is 0 Å². The van der Waals surface area contributed by atoms with Crippen LogP contribution in [0.1, 0.15) is 79.6 Å². The van der Waals surface area contributed by atoms with Crippen molar-refractivity contribution < 1.29 is 5.11 Å². The molecule has 2 aliphatic rings. The average molecular weight is 290 g/mol. The van der Waals surface area contributed by atoms with Crippen LogP contribution in [0.15, 0.2) is 23.3 Å². The molecule has 2 rings (SSSR count). The van der Waals surface area contributed by atoms with Crippen LogP contribution in [0.5, 0.6) is 0 Å². The lowest BCUT2D eigenvalue weighted by atomic mass is 9.53. The smallest absolute Gasteiger partial charge is 0.0653 e. The SMILES string of the molecule is CC(C)=CCC=C(C)C1CCC2(C)CCCC(C)(O)C2C1. The zero-order valence-electron chi connectivity index (χ0n) is 14.7. The highest BCUT2D eigenvalue weighted by atomic mass is 16.3. The van der Waals surface area contributed by atoms with E-state index in [1.54, 1.807) is 0 Å². The van der Waals surface area contributed by atoms with Crippen molar-refractivity contribution in [2.24, 2.45) is 17.3 Å². The third-order valence-corrected chi connectivity index (χ3v) is 6.22. The molecule has 120 valence electrons. The zero-order valence-corrected chi connectivity index (χ0v) is 14.7. The van der Waals surface area contributed by atoms with Crippen LogP contribution in [-0.2, 0) is 0 Å². The van der Waals surface area contributed by atoms with E-state index in [1.807, 2.05) is 0 Å². The van der Waals surface area contributed by atoms with E-state index in [-0.39, 0.29) is 0 Å². The van der Waals surface area contributed by atoms with Crippen molar-refractivity contribution in [3.63, 3.8) is 0 Å². The molecular formula is C20H34O. The molecule has 0 aliphatic heterocycles. The maximum atomic E-state index is 10.9. The van der Waals surface area contributed by atoms with Gasteiger partial charge in [0.25, 0.3) is 0 Å². The van der Waals surface area contributed by atoms with Crippen LogP contribution in [0.3, 0.4) is 0 Å². The van der Waals surface area contributed by atoms with Gasteiger partial charge in [0, 0.05) is 0 Å². The van der Waals surface area contributed by atoms with E-state index in [1.165, 1.54) is 43.3 Å².